The Morgan fingerprint density at radius 2 is 1.67 bits per heavy atom. The van der Waals surface area contributed by atoms with Crippen LogP contribution in [0.2, 0.25) is 0 Å². The molecule has 1 aromatic heterocycles. The van der Waals surface area contributed by atoms with E-state index < -0.39 is 0 Å². The van der Waals surface area contributed by atoms with E-state index in [9.17, 15) is 0 Å². The molecule has 3 heteroatoms. The highest BCUT2D eigenvalue weighted by atomic mass is 79.9. The molecule has 0 aliphatic carbocycles. The number of benzene rings is 1. The monoisotopic (exact) mass is 305 g/mol. The maximum atomic E-state index is 5.69. The van der Waals surface area contributed by atoms with Crippen molar-refractivity contribution in [1.29, 1.82) is 0 Å². The van der Waals surface area contributed by atoms with Crippen molar-refractivity contribution in [3.8, 4) is 11.6 Å². The van der Waals surface area contributed by atoms with Gasteiger partial charge < -0.3 is 4.74 Å². The fourth-order valence-corrected chi connectivity index (χ4v) is 1.92. The van der Waals surface area contributed by atoms with Crippen LogP contribution in [0, 0.1) is 0 Å². The lowest BCUT2D eigenvalue weighted by Crippen LogP contribution is -2.10. The van der Waals surface area contributed by atoms with Gasteiger partial charge in [0.15, 0.2) is 0 Å². The normalized spacial score (nSPS) is 11.3. The summed E-state index contributed by atoms with van der Waals surface area (Å²) in [6, 6.07) is 13.7. The van der Waals surface area contributed by atoms with Crippen molar-refractivity contribution in [1.82, 2.24) is 4.98 Å². The van der Waals surface area contributed by atoms with Crippen LogP contribution in [0.1, 0.15) is 26.3 Å². The van der Waals surface area contributed by atoms with Crippen molar-refractivity contribution in [3.63, 3.8) is 0 Å². The molecule has 0 saturated heterocycles. The van der Waals surface area contributed by atoms with Crippen LogP contribution >= 0.6 is 15.9 Å². The number of hydrogen-bond acceptors (Lipinski definition) is 2. The topological polar surface area (TPSA) is 22.1 Å². The zero-order valence-corrected chi connectivity index (χ0v) is 12.4. The van der Waals surface area contributed by atoms with Gasteiger partial charge in [-0.2, -0.15) is 0 Å². The molecule has 0 saturated carbocycles. The maximum absolute atomic E-state index is 5.69. The predicted octanol–water partition coefficient (Wildman–Crippen LogP) is 4.93. The number of rotatable bonds is 2. The molecule has 0 amide bonds. The average Bonchev–Trinajstić information content (AvgIpc) is 2.28. The van der Waals surface area contributed by atoms with Crippen molar-refractivity contribution < 1.29 is 4.74 Å². The summed E-state index contributed by atoms with van der Waals surface area (Å²) < 4.78 is 6.46. The molecule has 0 N–H and O–H groups in total. The lowest BCUT2D eigenvalue weighted by atomic mass is 9.87. The molecule has 0 aliphatic heterocycles. The summed E-state index contributed by atoms with van der Waals surface area (Å²) in [5.41, 5.74) is 1.45. The van der Waals surface area contributed by atoms with E-state index in [1.165, 1.54) is 5.56 Å². The van der Waals surface area contributed by atoms with E-state index in [2.05, 4.69) is 53.8 Å². The van der Waals surface area contributed by atoms with Crippen LogP contribution in [0.4, 0.5) is 0 Å². The SMILES string of the molecule is CC(C)(C)c1ccc(Oc2cccc(Br)n2)cc1. The van der Waals surface area contributed by atoms with Crippen LogP contribution in [0.15, 0.2) is 47.1 Å². The molecule has 0 spiro atoms. The molecular formula is C15H16BrNO. The lowest BCUT2D eigenvalue weighted by molar-refractivity contribution is 0.461. The van der Waals surface area contributed by atoms with E-state index >= 15 is 0 Å². The summed E-state index contributed by atoms with van der Waals surface area (Å²) in [5.74, 6) is 1.39. The Kier molecular flexibility index (Phi) is 3.71. The summed E-state index contributed by atoms with van der Waals surface area (Å²) in [4.78, 5) is 4.23. The van der Waals surface area contributed by atoms with Gasteiger partial charge in [-0.05, 0) is 45.1 Å². The molecular weight excluding hydrogens is 290 g/mol. The van der Waals surface area contributed by atoms with Crippen molar-refractivity contribution in [2.75, 3.05) is 0 Å². The van der Waals surface area contributed by atoms with Gasteiger partial charge in [0.2, 0.25) is 5.88 Å². The Hall–Kier alpha value is -1.35. The zero-order chi connectivity index (χ0) is 13.2. The molecule has 2 rings (SSSR count). The van der Waals surface area contributed by atoms with E-state index in [0.717, 1.165) is 10.4 Å². The predicted molar refractivity (Wildman–Crippen MR) is 77.2 cm³/mol. The summed E-state index contributed by atoms with van der Waals surface area (Å²) >= 11 is 3.32. The Labute approximate surface area is 116 Å². The van der Waals surface area contributed by atoms with Gasteiger partial charge in [0.05, 0.1) is 0 Å². The van der Waals surface area contributed by atoms with Crippen molar-refractivity contribution in [2.45, 2.75) is 26.2 Å². The quantitative estimate of drug-likeness (QED) is 0.734. The Bertz CT molecular complexity index is 529. The minimum Gasteiger partial charge on any atom is -0.439 e. The van der Waals surface area contributed by atoms with Gasteiger partial charge in [0.25, 0.3) is 0 Å². The average molecular weight is 306 g/mol. The molecule has 18 heavy (non-hydrogen) atoms. The Morgan fingerprint density at radius 3 is 2.22 bits per heavy atom. The van der Waals surface area contributed by atoms with E-state index in [1.54, 1.807) is 0 Å². The molecule has 94 valence electrons. The van der Waals surface area contributed by atoms with Crippen molar-refractivity contribution in [3.05, 3.63) is 52.6 Å². The second kappa shape index (κ2) is 5.11. The van der Waals surface area contributed by atoms with Gasteiger partial charge in [-0.3, -0.25) is 0 Å². The third-order valence-corrected chi connectivity index (χ3v) is 3.07. The minimum atomic E-state index is 0.159. The van der Waals surface area contributed by atoms with Crippen LogP contribution in [0.5, 0.6) is 11.6 Å². The van der Waals surface area contributed by atoms with Gasteiger partial charge >= 0.3 is 0 Å². The molecule has 0 aliphatic rings. The number of aromatic nitrogens is 1. The standard InChI is InChI=1S/C15H16BrNO/c1-15(2,3)11-7-9-12(10-8-11)18-14-6-4-5-13(16)17-14/h4-10H,1-3H3. The first kappa shape index (κ1) is 13.1. The Balaban J connectivity index is 2.16. The summed E-state index contributed by atoms with van der Waals surface area (Å²) in [6.45, 7) is 6.58. The van der Waals surface area contributed by atoms with Crippen LogP contribution in [-0.2, 0) is 5.41 Å². The molecule has 0 radical (unpaired) electrons. The first-order valence-corrected chi connectivity index (χ1v) is 6.65. The molecule has 0 atom stereocenters. The summed E-state index contributed by atoms with van der Waals surface area (Å²) in [6.07, 6.45) is 0. The summed E-state index contributed by atoms with van der Waals surface area (Å²) in [7, 11) is 0. The van der Waals surface area contributed by atoms with E-state index in [-0.39, 0.29) is 5.41 Å². The summed E-state index contributed by atoms with van der Waals surface area (Å²) in [5, 5.41) is 0. The van der Waals surface area contributed by atoms with Crippen molar-refractivity contribution in [2.24, 2.45) is 0 Å². The second-order valence-electron chi connectivity index (χ2n) is 5.17. The third kappa shape index (κ3) is 3.33. The van der Waals surface area contributed by atoms with Gasteiger partial charge in [0.1, 0.15) is 10.4 Å². The maximum Gasteiger partial charge on any atom is 0.220 e. The highest BCUT2D eigenvalue weighted by molar-refractivity contribution is 9.10. The highest BCUT2D eigenvalue weighted by Crippen LogP contribution is 2.26. The smallest absolute Gasteiger partial charge is 0.220 e. The van der Waals surface area contributed by atoms with E-state index in [0.29, 0.717) is 5.88 Å². The first-order chi connectivity index (χ1) is 8.45. The highest BCUT2D eigenvalue weighted by Gasteiger charge is 2.13. The lowest BCUT2D eigenvalue weighted by Gasteiger charge is -2.19. The van der Waals surface area contributed by atoms with E-state index in [1.807, 2.05) is 30.3 Å². The second-order valence-corrected chi connectivity index (χ2v) is 5.99. The van der Waals surface area contributed by atoms with E-state index in [4.69, 9.17) is 4.74 Å². The minimum absolute atomic E-state index is 0.159. The Morgan fingerprint density at radius 1 is 1.00 bits per heavy atom. The molecule has 0 fully saturated rings. The van der Waals surface area contributed by atoms with Crippen LogP contribution in [0.25, 0.3) is 0 Å². The van der Waals surface area contributed by atoms with Crippen LogP contribution < -0.4 is 4.74 Å². The van der Waals surface area contributed by atoms with Crippen molar-refractivity contribution >= 4 is 15.9 Å². The van der Waals surface area contributed by atoms with Gasteiger partial charge in [-0.15, -0.1) is 0 Å². The first-order valence-electron chi connectivity index (χ1n) is 5.86. The third-order valence-electron chi connectivity index (χ3n) is 2.63. The molecule has 1 aromatic carbocycles. The number of pyridine rings is 1. The number of nitrogens with zero attached hydrogens (tertiary/aromatic N) is 1. The zero-order valence-electron chi connectivity index (χ0n) is 10.8. The number of hydrogen-bond donors (Lipinski definition) is 0. The van der Waals surface area contributed by atoms with Gasteiger partial charge in [-0.1, -0.05) is 39.0 Å². The largest absolute Gasteiger partial charge is 0.439 e. The van der Waals surface area contributed by atoms with Crippen LogP contribution in [-0.4, -0.2) is 4.98 Å². The molecule has 2 aromatic rings. The number of halogens is 1. The van der Waals surface area contributed by atoms with Crippen LogP contribution in [0.3, 0.4) is 0 Å². The van der Waals surface area contributed by atoms with Gasteiger partial charge in [-0.25, -0.2) is 4.98 Å². The molecule has 2 nitrogen and oxygen atoms in total. The number of ether oxygens (including phenoxy) is 1. The fourth-order valence-electron chi connectivity index (χ4n) is 1.59. The molecule has 1 heterocycles. The molecule has 0 unspecified atom stereocenters. The van der Waals surface area contributed by atoms with Gasteiger partial charge in [0, 0.05) is 6.07 Å². The fraction of sp³-hybridized carbons (Fsp3) is 0.267. The molecule has 0 bridgehead atoms.